The van der Waals surface area contributed by atoms with E-state index >= 15 is 0 Å². The number of hydrogen-bond donors (Lipinski definition) is 4. The first-order valence-corrected chi connectivity index (χ1v) is 17.7. The van der Waals surface area contributed by atoms with Gasteiger partial charge in [-0.3, -0.25) is 38.6 Å². The van der Waals surface area contributed by atoms with Crippen LogP contribution in [0.15, 0.2) is 30.3 Å². The van der Waals surface area contributed by atoms with Crippen molar-refractivity contribution in [2.75, 3.05) is 58.3 Å². The van der Waals surface area contributed by atoms with E-state index in [9.17, 15) is 48.6 Å². The third kappa shape index (κ3) is 7.28. The van der Waals surface area contributed by atoms with E-state index in [0.717, 1.165) is 10.5 Å². The van der Waals surface area contributed by atoms with E-state index in [0.29, 0.717) is 17.7 Å². The van der Waals surface area contributed by atoms with E-state index in [2.05, 4.69) is 5.32 Å². The van der Waals surface area contributed by atoms with Crippen molar-refractivity contribution in [2.24, 2.45) is 29.4 Å². The number of hydrogen-bond acceptors (Lipinski definition) is 14. The molecule has 0 saturated heterocycles. The smallest absolute Gasteiger partial charge is 0.413 e. The molecule has 17 heteroatoms. The lowest BCUT2D eigenvalue weighted by atomic mass is 9.52. The minimum Gasteiger partial charge on any atom is -0.505 e. The topological polar surface area (TPSA) is 243 Å². The summed E-state index contributed by atoms with van der Waals surface area (Å²) in [5, 5.41) is 25.9. The van der Waals surface area contributed by atoms with Gasteiger partial charge in [0.2, 0.25) is 18.6 Å². The summed E-state index contributed by atoms with van der Waals surface area (Å²) in [7, 11) is 6.33. The van der Waals surface area contributed by atoms with E-state index in [1.54, 1.807) is 50.2 Å². The second-order valence-corrected chi connectivity index (χ2v) is 14.6. The summed E-state index contributed by atoms with van der Waals surface area (Å²) in [6, 6.07) is 6.76. The first-order chi connectivity index (χ1) is 25.8. The standard InChI is InChI=1S/C38H45N5O12/c1-7-12-43(37(52)55-17-54-36(51)19-10-8-18(2)9-11-19)16-25(44)40-23-15-24(41(3)4)21-13-20-14-22-29(42(5)6)32(47)28(35(39)50)34(49)38(22,53)33(48)26(20)31(46)27(21)30(23)45/h8-11,15,20,22,26,28-29,45,53H,7,12-14,16-17H2,1-6H3,(H2,39,50)(H,40,44)/t20-,22-,26?,28?,29-,38-/m0/s1. The number of aromatic hydroxyl groups is 1. The Morgan fingerprint density at radius 1 is 1.00 bits per heavy atom. The fraction of sp³-hybridized carbons (Fsp3) is 0.474. The summed E-state index contributed by atoms with van der Waals surface area (Å²) in [5.74, 6) is -13.7. The van der Waals surface area contributed by atoms with Crippen molar-refractivity contribution in [3.8, 4) is 5.75 Å². The Hall–Kier alpha value is -5.68. The number of nitrogens with zero attached hydrogens (tertiary/aromatic N) is 3. The molecule has 3 aliphatic rings. The monoisotopic (exact) mass is 763 g/mol. The number of ketones is 4. The molecule has 0 radical (unpaired) electrons. The number of amides is 3. The van der Waals surface area contributed by atoms with Crippen LogP contribution < -0.4 is 16.0 Å². The van der Waals surface area contributed by atoms with Gasteiger partial charge in [0, 0.05) is 32.2 Å². The average Bonchev–Trinajstić information content (AvgIpc) is 3.10. The van der Waals surface area contributed by atoms with Gasteiger partial charge in [0.15, 0.2) is 34.7 Å². The predicted octanol–water partition coefficient (Wildman–Crippen LogP) is 0.843. The summed E-state index contributed by atoms with van der Waals surface area (Å²) in [5.41, 5.74) is 3.89. The van der Waals surface area contributed by atoms with Gasteiger partial charge in [-0.25, -0.2) is 9.59 Å². The van der Waals surface area contributed by atoms with Crippen molar-refractivity contribution in [3.63, 3.8) is 0 Å². The molecule has 0 aliphatic heterocycles. The average molecular weight is 764 g/mol. The summed E-state index contributed by atoms with van der Waals surface area (Å²) >= 11 is 0. The molecule has 2 aromatic rings. The largest absolute Gasteiger partial charge is 0.505 e. The molecule has 294 valence electrons. The van der Waals surface area contributed by atoms with Crippen LogP contribution in [0.3, 0.4) is 0 Å². The summed E-state index contributed by atoms with van der Waals surface area (Å²) in [6.45, 7) is 2.40. The van der Waals surface area contributed by atoms with E-state index < -0.39 is 101 Å². The zero-order valence-electron chi connectivity index (χ0n) is 31.4. The molecule has 2 saturated carbocycles. The number of rotatable bonds is 11. The Bertz CT molecular complexity index is 1960. The summed E-state index contributed by atoms with van der Waals surface area (Å²) in [4.78, 5) is 110. The molecule has 17 nitrogen and oxygen atoms in total. The highest BCUT2D eigenvalue weighted by molar-refractivity contribution is 6.32. The maximum Gasteiger partial charge on any atom is 0.413 e. The highest BCUT2D eigenvalue weighted by Crippen LogP contribution is 2.52. The fourth-order valence-electron chi connectivity index (χ4n) is 8.01. The maximum atomic E-state index is 14.3. The number of phenols is 1. The van der Waals surface area contributed by atoms with E-state index in [-0.39, 0.29) is 36.2 Å². The van der Waals surface area contributed by atoms with Gasteiger partial charge in [-0.15, -0.1) is 0 Å². The third-order valence-corrected chi connectivity index (χ3v) is 10.5. The number of ether oxygens (including phenoxy) is 2. The number of esters is 1. The van der Waals surface area contributed by atoms with Crippen molar-refractivity contribution >= 4 is 58.4 Å². The molecule has 0 heterocycles. The van der Waals surface area contributed by atoms with Crippen LogP contribution in [0.4, 0.5) is 16.2 Å². The summed E-state index contributed by atoms with van der Waals surface area (Å²) < 4.78 is 10.1. The number of aryl methyl sites for hydroxylation is 1. The summed E-state index contributed by atoms with van der Waals surface area (Å²) in [6.07, 6.45) is -0.638. The van der Waals surface area contributed by atoms with Crippen LogP contribution in [0.25, 0.3) is 0 Å². The van der Waals surface area contributed by atoms with Crippen LogP contribution in [-0.2, 0) is 39.9 Å². The Balaban J connectivity index is 1.39. The molecule has 0 spiro atoms. The van der Waals surface area contributed by atoms with E-state index in [1.807, 2.05) is 6.92 Å². The molecular weight excluding hydrogens is 718 g/mol. The normalized spacial score (nSPS) is 24.3. The molecular formula is C38H45N5O12. The number of nitrogens with two attached hydrogens (primary N) is 1. The number of phenolic OH excluding ortho intramolecular Hbond substituents is 1. The second-order valence-electron chi connectivity index (χ2n) is 14.6. The SMILES string of the molecule is CCCN(CC(=O)Nc1cc(N(C)C)c2c(c1O)C(=O)C1C(=O)[C@]3(O)C(=O)C(C(N)=O)C(=O)[C@@H](N(C)C)[C@@H]3C[C@@H]1C2)C(=O)OCOC(=O)c1ccc(C)cc1. The number of carbonyl (C=O) groups excluding carboxylic acids is 8. The van der Waals surface area contributed by atoms with Gasteiger partial charge in [-0.1, -0.05) is 24.6 Å². The number of benzene rings is 2. The molecule has 0 bridgehead atoms. The van der Waals surface area contributed by atoms with Crippen LogP contribution in [0.2, 0.25) is 0 Å². The Labute approximate surface area is 316 Å². The van der Waals surface area contributed by atoms with E-state index in [4.69, 9.17) is 15.2 Å². The number of Topliss-reactive ketones (excluding diaryl/α,β-unsaturated/α-hetero) is 4. The lowest BCUT2D eigenvalue weighted by molar-refractivity contribution is -0.181. The number of anilines is 2. The Morgan fingerprint density at radius 2 is 1.65 bits per heavy atom. The fourth-order valence-corrected chi connectivity index (χ4v) is 8.01. The lowest BCUT2D eigenvalue weighted by Crippen LogP contribution is -2.74. The number of nitrogens with one attached hydrogen (secondary N) is 1. The minimum absolute atomic E-state index is 0.0196. The van der Waals surface area contributed by atoms with Crippen molar-refractivity contribution in [2.45, 2.75) is 44.8 Å². The first-order valence-electron chi connectivity index (χ1n) is 17.7. The molecule has 2 aromatic carbocycles. The minimum atomic E-state index is -2.89. The first kappa shape index (κ1) is 40.5. The van der Waals surface area contributed by atoms with Gasteiger partial charge in [-0.2, -0.15) is 0 Å². The van der Waals surface area contributed by atoms with Gasteiger partial charge in [0.05, 0.1) is 28.8 Å². The number of fused-ring (bicyclic) bond motifs is 3. The van der Waals surface area contributed by atoms with E-state index in [1.165, 1.54) is 25.1 Å². The molecule has 5 rings (SSSR count). The highest BCUT2D eigenvalue weighted by atomic mass is 16.7. The number of aliphatic hydroxyl groups is 1. The van der Waals surface area contributed by atoms with Gasteiger partial charge in [0.25, 0.3) is 0 Å². The van der Waals surface area contributed by atoms with Crippen LogP contribution in [0.1, 0.15) is 51.6 Å². The van der Waals surface area contributed by atoms with Gasteiger partial charge < -0.3 is 35.6 Å². The van der Waals surface area contributed by atoms with Gasteiger partial charge in [0.1, 0.15) is 12.3 Å². The second kappa shape index (κ2) is 15.6. The molecule has 2 unspecified atom stereocenters. The quantitative estimate of drug-likeness (QED) is 0.107. The molecule has 2 fully saturated rings. The molecule has 6 atom stereocenters. The Kier molecular flexibility index (Phi) is 11.5. The molecule has 3 amide bonds. The molecule has 55 heavy (non-hydrogen) atoms. The van der Waals surface area contributed by atoms with Crippen LogP contribution in [0, 0.1) is 30.6 Å². The Morgan fingerprint density at radius 3 is 2.24 bits per heavy atom. The van der Waals surface area contributed by atoms with Crippen molar-refractivity contribution < 1.29 is 58.0 Å². The predicted molar refractivity (Wildman–Crippen MR) is 194 cm³/mol. The van der Waals surface area contributed by atoms with Crippen molar-refractivity contribution in [1.82, 2.24) is 9.80 Å². The van der Waals surface area contributed by atoms with Crippen molar-refractivity contribution in [1.29, 1.82) is 0 Å². The molecule has 3 aliphatic carbocycles. The zero-order valence-corrected chi connectivity index (χ0v) is 31.4. The third-order valence-electron chi connectivity index (χ3n) is 10.5. The molecule has 0 aromatic heterocycles. The number of carbonyl (C=O) groups is 8. The van der Waals surface area contributed by atoms with Crippen LogP contribution in [0.5, 0.6) is 5.75 Å². The number of likely N-dealkylation sites (N-methyl/N-ethyl adjacent to an activating group) is 1. The number of primary amides is 1. The zero-order chi connectivity index (χ0) is 40.7. The van der Waals surface area contributed by atoms with Gasteiger partial charge >= 0.3 is 12.1 Å². The lowest BCUT2D eigenvalue weighted by Gasteiger charge is -2.52. The van der Waals surface area contributed by atoms with Crippen LogP contribution in [-0.4, -0.2) is 127 Å². The van der Waals surface area contributed by atoms with Crippen molar-refractivity contribution in [3.05, 3.63) is 52.6 Å². The highest BCUT2D eigenvalue weighted by Gasteiger charge is 2.69. The maximum absolute atomic E-state index is 14.3. The molecule has 5 N–H and O–H groups in total. The van der Waals surface area contributed by atoms with Gasteiger partial charge in [-0.05, 0) is 70.0 Å². The van der Waals surface area contributed by atoms with Crippen LogP contribution >= 0.6 is 0 Å².